The van der Waals surface area contributed by atoms with Gasteiger partial charge < -0.3 is 10.2 Å². The lowest BCUT2D eigenvalue weighted by atomic mass is 10.0. The molecule has 0 radical (unpaired) electrons. The van der Waals surface area contributed by atoms with E-state index in [0.29, 0.717) is 23.7 Å². The number of oxime groups is 1. The highest BCUT2D eigenvalue weighted by molar-refractivity contribution is 6.30. The third-order valence-electron chi connectivity index (χ3n) is 4.51. The van der Waals surface area contributed by atoms with Crippen LogP contribution in [0.25, 0.3) is 10.8 Å². The number of halogens is 1. The molecule has 136 valence electrons. The van der Waals surface area contributed by atoms with Crippen molar-refractivity contribution in [3.63, 3.8) is 0 Å². The summed E-state index contributed by atoms with van der Waals surface area (Å²) in [5, 5.41) is 9.55. The number of aromatic nitrogens is 1. The summed E-state index contributed by atoms with van der Waals surface area (Å²) in [6.45, 7) is 0.348. The molecule has 1 unspecified atom stereocenters. The van der Waals surface area contributed by atoms with Crippen LogP contribution < -0.4 is 5.32 Å². The first-order valence-corrected chi connectivity index (χ1v) is 9.15. The van der Waals surface area contributed by atoms with Crippen molar-refractivity contribution in [3.8, 4) is 0 Å². The van der Waals surface area contributed by atoms with Gasteiger partial charge in [-0.15, -0.1) is 0 Å². The van der Waals surface area contributed by atoms with Crippen molar-refractivity contribution < 1.29 is 9.63 Å². The molecule has 6 heteroatoms. The van der Waals surface area contributed by atoms with Crippen molar-refractivity contribution in [2.75, 3.05) is 6.54 Å². The van der Waals surface area contributed by atoms with Crippen molar-refractivity contribution in [1.29, 1.82) is 0 Å². The molecular formula is C21H18ClN3O2. The molecule has 1 N–H and O–H groups in total. The second-order valence-corrected chi connectivity index (χ2v) is 6.92. The first-order valence-electron chi connectivity index (χ1n) is 8.77. The SMILES string of the molecule is O=C(NCC1=NOC(Cc2ccc(Cl)cc2)C1)c1nccc2ccccc12. The van der Waals surface area contributed by atoms with Gasteiger partial charge in [0.25, 0.3) is 5.91 Å². The van der Waals surface area contributed by atoms with Crippen LogP contribution in [0.15, 0.2) is 65.9 Å². The third kappa shape index (κ3) is 4.09. The van der Waals surface area contributed by atoms with E-state index in [9.17, 15) is 4.79 Å². The maximum atomic E-state index is 12.5. The Morgan fingerprint density at radius 1 is 1.15 bits per heavy atom. The summed E-state index contributed by atoms with van der Waals surface area (Å²) in [6.07, 6.45) is 3.07. The van der Waals surface area contributed by atoms with Crippen molar-refractivity contribution in [1.82, 2.24) is 10.3 Å². The quantitative estimate of drug-likeness (QED) is 0.728. The van der Waals surface area contributed by atoms with Gasteiger partial charge in [0.05, 0.1) is 12.3 Å². The molecule has 0 saturated carbocycles. The van der Waals surface area contributed by atoms with Crippen LogP contribution in [0.2, 0.25) is 5.02 Å². The maximum absolute atomic E-state index is 12.5. The number of nitrogens with one attached hydrogen (secondary N) is 1. The summed E-state index contributed by atoms with van der Waals surface area (Å²) in [6, 6.07) is 17.3. The van der Waals surface area contributed by atoms with Gasteiger partial charge in [0.15, 0.2) is 0 Å². The summed E-state index contributed by atoms with van der Waals surface area (Å²) in [7, 11) is 0. The lowest BCUT2D eigenvalue weighted by Gasteiger charge is -2.08. The van der Waals surface area contributed by atoms with Crippen LogP contribution in [0.3, 0.4) is 0 Å². The molecule has 2 heterocycles. The standard InChI is InChI=1S/C21H18ClN3O2/c22-16-7-5-14(6-8-16)11-18-12-17(25-27-18)13-24-21(26)20-19-4-2-1-3-15(19)9-10-23-20/h1-10,18H,11-13H2,(H,24,26). The minimum absolute atomic E-state index is 0.0197. The average molecular weight is 380 g/mol. The number of hydrogen-bond acceptors (Lipinski definition) is 4. The van der Waals surface area contributed by atoms with Crippen LogP contribution in [-0.4, -0.2) is 29.3 Å². The van der Waals surface area contributed by atoms with E-state index < -0.39 is 0 Å². The molecule has 5 nitrogen and oxygen atoms in total. The number of carbonyl (C=O) groups excluding carboxylic acids is 1. The molecule has 0 saturated heterocycles. The van der Waals surface area contributed by atoms with Crippen LogP contribution in [0.4, 0.5) is 0 Å². The number of amides is 1. The Morgan fingerprint density at radius 2 is 1.96 bits per heavy atom. The highest BCUT2D eigenvalue weighted by Gasteiger charge is 2.22. The van der Waals surface area contributed by atoms with Gasteiger partial charge in [-0.05, 0) is 29.1 Å². The summed E-state index contributed by atoms with van der Waals surface area (Å²) in [5.74, 6) is -0.212. The number of nitrogens with zero attached hydrogens (tertiary/aromatic N) is 2. The number of pyridine rings is 1. The van der Waals surface area contributed by atoms with E-state index in [0.717, 1.165) is 28.5 Å². The second-order valence-electron chi connectivity index (χ2n) is 6.48. The Bertz CT molecular complexity index is 996. The molecule has 3 aromatic rings. The van der Waals surface area contributed by atoms with Crippen LogP contribution in [0.5, 0.6) is 0 Å². The minimum atomic E-state index is -0.212. The van der Waals surface area contributed by atoms with Gasteiger partial charge in [-0.2, -0.15) is 0 Å². The van der Waals surface area contributed by atoms with E-state index >= 15 is 0 Å². The molecular weight excluding hydrogens is 362 g/mol. The average Bonchev–Trinajstić information content (AvgIpc) is 3.15. The lowest BCUT2D eigenvalue weighted by Crippen LogP contribution is -2.30. The third-order valence-corrected chi connectivity index (χ3v) is 4.76. The Hall–Kier alpha value is -2.92. The Morgan fingerprint density at radius 3 is 2.81 bits per heavy atom. The van der Waals surface area contributed by atoms with Gasteiger partial charge in [0.2, 0.25) is 0 Å². The normalized spacial score (nSPS) is 16.0. The monoisotopic (exact) mass is 379 g/mol. The fourth-order valence-electron chi connectivity index (χ4n) is 3.15. The number of rotatable bonds is 5. The first kappa shape index (κ1) is 17.5. The highest BCUT2D eigenvalue weighted by atomic mass is 35.5. The molecule has 4 rings (SSSR count). The highest BCUT2D eigenvalue weighted by Crippen LogP contribution is 2.18. The zero-order valence-electron chi connectivity index (χ0n) is 14.6. The fraction of sp³-hybridized carbons (Fsp3) is 0.190. The molecule has 2 aromatic carbocycles. The van der Waals surface area contributed by atoms with E-state index in [1.54, 1.807) is 6.20 Å². The second kappa shape index (κ2) is 7.76. The molecule has 1 aliphatic heterocycles. The van der Waals surface area contributed by atoms with E-state index in [2.05, 4.69) is 15.5 Å². The fourth-order valence-corrected chi connectivity index (χ4v) is 3.28. The molecule has 1 aromatic heterocycles. The van der Waals surface area contributed by atoms with Crippen molar-refractivity contribution in [2.45, 2.75) is 18.9 Å². The summed E-state index contributed by atoms with van der Waals surface area (Å²) in [4.78, 5) is 22.3. The topological polar surface area (TPSA) is 63.6 Å². The van der Waals surface area contributed by atoms with E-state index in [1.807, 2.05) is 54.6 Å². The smallest absolute Gasteiger partial charge is 0.270 e. The lowest BCUT2D eigenvalue weighted by molar-refractivity contribution is 0.0859. The van der Waals surface area contributed by atoms with Gasteiger partial charge in [0, 0.05) is 29.4 Å². The predicted octanol–water partition coefficient (Wildman–Crippen LogP) is 4.01. The van der Waals surface area contributed by atoms with Gasteiger partial charge in [-0.25, -0.2) is 0 Å². The van der Waals surface area contributed by atoms with Crippen LogP contribution in [-0.2, 0) is 11.3 Å². The molecule has 0 fully saturated rings. The van der Waals surface area contributed by atoms with E-state index in [-0.39, 0.29) is 12.0 Å². The molecule has 0 bridgehead atoms. The van der Waals surface area contributed by atoms with E-state index in [1.165, 1.54) is 0 Å². The van der Waals surface area contributed by atoms with Crippen LogP contribution in [0.1, 0.15) is 22.5 Å². The van der Waals surface area contributed by atoms with E-state index in [4.69, 9.17) is 16.4 Å². The van der Waals surface area contributed by atoms with Gasteiger partial charge in [-0.3, -0.25) is 9.78 Å². The molecule has 1 amide bonds. The largest absolute Gasteiger partial charge is 0.392 e. The Labute approximate surface area is 162 Å². The predicted molar refractivity (Wildman–Crippen MR) is 106 cm³/mol. The zero-order valence-corrected chi connectivity index (χ0v) is 15.3. The van der Waals surface area contributed by atoms with Gasteiger partial charge >= 0.3 is 0 Å². The minimum Gasteiger partial charge on any atom is -0.392 e. The van der Waals surface area contributed by atoms with Gasteiger partial charge in [0.1, 0.15) is 11.8 Å². The summed E-state index contributed by atoms with van der Waals surface area (Å²) >= 11 is 5.91. The molecule has 1 aliphatic rings. The molecule has 1 atom stereocenters. The van der Waals surface area contributed by atoms with Crippen LogP contribution >= 0.6 is 11.6 Å². The number of benzene rings is 2. The van der Waals surface area contributed by atoms with Crippen molar-refractivity contribution in [3.05, 3.63) is 77.1 Å². The van der Waals surface area contributed by atoms with Crippen molar-refractivity contribution in [2.24, 2.45) is 5.16 Å². The van der Waals surface area contributed by atoms with Crippen LogP contribution in [0, 0.1) is 0 Å². The molecule has 27 heavy (non-hydrogen) atoms. The number of fused-ring (bicyclic) bond motifs is 1. The molecule has 0 spiro atoms. The molecule has 0 aliphatic carbocycles. The van der Waals surface area contributed by atoms with Gasteiger partial charge in [-0.1, -0.05) is 53.2 Å². The van der Waals surface area contributed by atoms with Crippen molar-refractivity contribution >= 4 is 34.0 Å². The number of carbonyl (C=O) groups is 1. The first-order chi connectivity index (χ1) is 13.2. The Balaban J connectivity index is 1.34. The summed E-state index contributed by atoms with van der Waals surface area (Å²) < 4.78 is 0. The number of hydrogen-bond donors (Lipinski definition) is 1. The summed E-state index contributed by atoms with van der Waals surface area (Å²) in [5.41, 5.74) is 2.39. The Kier molecular flexibility index (Phi) is 5.03. The maximum Gasteiger partial charge on any atom is 0.270 e. The zero-order chi connectivity index (χ0) is 18.6.